The highest BCUT2D eigenvalue weighted by atomic mass is 79.9. The van der Waals surface area contributed by atoms with Crippen molar-refractivity contribution in [3.05, 3.63) is 63.1 Å². The van der Waals surface area contributed by atoms with Gasteiger partial charge in [0.1, 0.15) is 0 Å². The molecule has 120 valence electrons. The summed E-state index contributed by atoms with van der Waals surface area (Å²) in [5.41, 5.74) is 6.13. The van der Waals surface area contributed by atoms with Crippen molar-refractivity contribution >= 4 is 51.1 Å². The molecule has 0 aromatic heterocycles. The van der Waals surface area contributed by atoms with Crippen LogP contribution in [0.15, 0.2) is 51.8 Å². The van der Waals surface area contributed by atoms with Crippen LogP contribution in [0.3, 0.4) is 0 Å². The van der Waals surface area contributed by atoms with Crippen LogP contribution in [0.1, 0.15) is 15.9 Å². The van der Waals surface area contributed by atoms with Gasteiger partial charge in [-0.3, -0.25) is 20.4 Å². The smallest absolute Gasteiger partial charge is 0.271 e. The third-order valence-electron chi connectivity index (χ3n) is 2.93. The summed E-state index contributed by atoms with van der Waals surface area (Å²) in [4.78, 5) is 24.8. The number of thioether (sulfide) groups is 1. The van der Waals surface area contributed by atoms with Gasteiger partial charge in [0.15, 0.2) is 0 Å². The van der Waals surface area contributed by atoms with Crippen molar-refractivity contribution in [3.8, 4) is 0 Å². The number of hydrogen-bond donors (Lipinski definition) is 2. The third kappa shape index (κ3) is 5.27. The molecule has 0 fully saturated rings. The summed E-state index contributed by atoms with van der Waals surface area (Å²) in [6, 6.07) is 12.5. The van der Waals surface area contributed by atoms with E-state index in [1.807, 2.05) is 25.1 Å². The van der Waals surface area contributed by atoms with Crippen LogP contribution in [0.5, 0.6) is 0 Å². The number of benzene rings is 2. The van der Waals surface area contributed by atoms with Crippen LogP contribution in [0, 0.1) is 6.92 Å². The third-order valence-corrected chi connectivity index (χ3v) is 4.93. The number of aryl methyl sites for hydroxylation is 1. The first-order valence-electron chi connectivity index (χ1n) is 6.70. The molecule has 2 rings (SSSR count). The van der Waals surface area contributed by atoms with E-state index in [2.05, 4.69) is 26.8 Å². The van der Waals surface area contributed by atoms with Crippen molar-refractivity contribution in [3.63, 3.8) is 0 Å². The lowest BCUT2D eigenvalue weighted by molar-refractivity contribution is -0.119. The molecular weight excluding hydrogens is 400 g/mol. The summed E-state index contributed by atoms with van der Waals surface area (Å²) in [5, 5.41) is 0.333. The Morgan fingerprint density at radius 2 is 1.91 bits per heavy atom. The Balaban J connectivity index is 1.83. The minimum atomic E-state index is -0.450. The Hall–Kier alpha value is -1.50. The summed E-state index contributed by atoms with van der Waals surface area (Å²) in [6.07, 6.45) is 0. The second-order valence-corrected chi connectivity index (χ2v) is 7.02. The SMILES string of the molecule is Cc1cc(Br)ccc1SCC(=O)NNC(=O)c1ccccc1Cl. The van der Waals surface area contributed by atoms with Gasteiger partial charge in [-0.2, -0.15) is 0 Å². The molecule has 0 unspecified atom stereocenters. The van der Waals surface area contributed by atoms with Crippen LogP contribution in [0.25, 0.3) is 0 Å². The molecule has 0 bridgehead atoms. The zero-order valence-electron chi connectivity index (χ0n) is 12.2. The molecule has 0 saturated heterocycles. The van der Waals surface area contributed by atoms with Gasteiger partial charge in [0.05, 0.1) is 16.3 Å². The number of amides is 2. The van der Waals surface area contributed by atoms with Gasteiger partial charge in [-0.15, -0.1) is 11.8 Å². The number of carbonyl (C=O) groups is 2. The lowest BCUT2D eigenvalue weighted by Crippen LogP contribution is -2.42. The molecule has 2 amide bonds. The van der Waals surface area contributed by atoms with Crippen molar-refractivity contribution < 1.29 is 9.59 Å². The first-order chi connectivity index (χ1) is 11.0. The Labute approximate surface area is 152 Å². The van der Waals surface area contributed by atoms with Crippen LogP contribution in [0.4, 0.5) is 0 Å². The van der Waals surface area contributed by atoms with E-state index in [9.17, 15) is 9.59 Å². The average Bonchev–Trinajstić information content (AvgIpc) is 2.52. The van der Waals surface area contributed by atoms with E-state index in [-0.39, 0.29) is 11.7 Å². The van der Waals surface area contributed by atoms with E-state index < -0.39 is 5.91 Å². The maximum Gasteiger partial charge on any atom is 0.271 e. The van der Waals surface area contributed by atoms with Gasteiger partial charge < -0.3 is 0 Å². The maximum absolute atomic E-state index is 11.9. The van der Waals surface area contributed by atoms with E-state index in [1.54, 1.807) is 24.3 Å². The monoisotopic (exact) mass is 412 g/mol. The highest BCUT2D eigenvalue weighted by Gasteiger charge is 2.11. The zero-order chi connectivity index (χ0) is 16.8. The largest absolute Gasteiger partial charge is 0.272 e. The van der Waals surface area contributed by atoms with E-state index in [4.69, 9.17) is 11.6 Å². The molecule has 0 heterocycles. The predicted octanol–water partition coefficient (Wildman–Crippen LogP) is 3.96. The molecule has 0 aliphatic carbocycles. The number of carbonyl (C=O) groups excluding carboxylic acids is 2. The van der Waals surface area contributed by atoms with E-state index in [1.165, 1.54) is 11.8 Å². The van der Waals surface area contributed by atoms with Crippen LogP contribution in [-0.2, 0) is 4.79 Å². The number of rotatable bonds is 4. The first kappa shape index (κ1) is 17.8. The van der Waals surface area contributed by atoms with Crippen molar-refractivity contribution in [1.29, 1.82) is 0 Å². The number of halogens is 2. The minimum Gasteiger partial charge on any atom is -0.272 e. The normalized spacial score (nSPS) is 10.2. The van der Waals surface area contributed by atoms with Gasteiger partial charge in [-0.25, -0.2) is 0 Å². The number of nitrogens with one attached hydrogen (secondary N) is 2. The van der Waals surface area contributed by atoms with E-state index in [0.717, 1.165) is 14.9 Å². The quantitative estimate of drug-likeness (QED) is 0.589. The second-order valence-electron chi connectivity index (χ2n) is 4.68. The molecule has 7 heteroatoms. The van der Waals surface area contributed by atoms with Crippen LogP contribution >= 0.6 is 39.3 Å². The summed E-state index contributed by atoms with van der Waals surface area (Å²) in [5.74, 6) is -0.544. The molecule has 0 radical (unpaired) electrons. The van der Waals surface area contributed by atoms with Crippen LogP contribution < -0.4 is 10.9 Å². The summed E-state index contributed by atoms with van der Waals surface area (Å²) >= 11 is 10.7. The Morgan fingerprint density at radius 1 is 1.17 bits per heavy atom. The highest BCUT2D eigenvalue weighted by molar-refractivity contribution is 9.10. The summed E-state index contributed by atoms with van der Waals surface area (Å²) in [6.45, 7) is 1.98. The summed E-state index contributed by atoms with van der Waals surface area (Å²) < 4.78 is 0.996. The van der Waals surface area contributed by atoms with Crippen molar-refractivity contribution in [2.45, 2.75) is 11.8 Å². The van der Waals surface area contributed by atoms with Gasteiger partial charge in [0, 0.05) is 9.37 Å². The standard InChI is InChI=1S/C16H14BrClN2O2S/c1-10-8-11(17)6-7-14(10)23-9-15(21)19-20-16(22)12-4-2-3-5-13(12)18/h2-8H,9H2,1H3,(H,19,21)(H,20,22). The maximum atomic E-state index is 11.9. The molecule has 0 saturated carbocycles. The van der Waals surface area contributed by atoms with Gasteiger partial charge in [0.2, 0.25) is 5.91 Å². The summed E-state index contributed by atoms with van der Waals surface area (Å²) in [7, 11) is 0. The highest BCUT2D eigenvalue weighted by Crippen LogP contribution is 2.25. The van der Waals surface area contributed by atoms with Gasteiger partial charge in [-0.1, -0.05) is 39.7 Å². The Morgan fingerprint density at radius 3 is 2.61 bits per heavy atom. The fourth-order valence-electron chi connectivity index (χ4n) is 1.79. The van der Waals surface area contributed by atoms with Crippen molar-refractivity contribution in [2.24, 2.45) is 0 Å². The lowest BCUT2D eigenvalue weighted by atomic mass is 10.2. The Bertz CT molecular complexity index is 740. The molecule has 0 spiro atoms. The average molecular weight is 414 g/mol. The molecule has 4 nitrogen and oxygen atoms in total. The van der Waals surface area contributed by atoms with E-state index in [0.29, 0.717) is 10.6 Å². The number of hydrazine groups is 1. The van der Waals surface area contributed by atoms with Gasteiger partial charge in [-0.05, 0) is 42.8 Å². The molecule has 0 aliphatic rings. The van der Waals surface area contributed by atoms with Crippen molar-refractivity contribution in [2.75, 3.05) is 5.75 Å². The molecule has 2 aromatic rings. The van der Waals surface area contributed by atoms with Crippen LogP contribution in [0.2, 0.25) is 5.02 Å². The predicted molar refractivity (Wildman–Crippen MR) is 96.7 cm³/mol. The molecule has 2 aromatic carbocycles. The molecule has 2 N–H and O–H groups in total. The fourth-order valence-corrected chi connectivity index (χ4v) is 3.30. The second kappa shape index (κ2) is 8.38. The zero-order valence-corrected chi connectivity index (χ0v) is 15.4. The number of hydrogen-bond acceptors (Lipinski definition) is 3. The molecular formula is C16H14BrClN2O2S. The van der Waals surface area contributed by atoms with Crippen molar-refractivity contribution in [1.82, 2.24) is 10.9 Å². The molecule has 23 heavy (non-hydrogen) atoms. The van der Waals surface area contributed by atoms with Gasteiger partial charge >= 0.3 is 0 Å². The minimum absolute atomic E-state index is 0.200. The topological polar surface area (TPSA) is 58.2 Å². The first-order valence-corrected chi connectivity index (χ1v) is 8.85. The lowest BCUT2D eigenvalue weighted by Gasteiger charge is -2.09. The Kier molecular flexibility index (Phi) is 6.50. The fraction of sp³-hybridized carbons (Fsp3) is 0.125. The molecule has 0 aliphatic heterocycles. The molecule has 0 atom stereocenters. The van der Waals surface area contributed by atoms with Gasteiger partial charge in [0.25, 0.3) is 5.91 Å². The van der Waals surface area contributed by atoms with E-state index >= 15 is 0 Å². The van der Waals surface area contributed by atoms with Crippen LogP contribution in [-0.4, -0.2) is 17.6 Å².